The van der Waals surface area contributed by atoms with Crippen LogP contribution in [0.5, 0.6) is 0 Å². The topological polar surface area (TPSA) is 82.5 Å². The van der Waals surface area contributed by atoms with Crippen molar-refractivity contribution in [2.75, 3.05) is 18.0 Å². The summed E-state index contributed by atoms with van der Waals surface area (Å²) in [5, 5.41) is 12.4. The summed E-state index contributed by atoms with van der Waals surface area (Å²) in [6.45, 7) is 3.71. The van der Waals surface area contributed by atoms with Crippen molar-refractivity contribution in [1.82, 2.24) is 10.3 Å². The van der Waals surface area contributed by atoms with Gasteiger partial charge in [-0.25, -0.2) is 4.98 Å². The molecule has 2 amide bonds. The number of carbonyl (C=O) groups is 2. The number of aromatic nitrogens is 1. The Bertz CT molecular complexity index is 453. The van der Waals surface area contributed by atoms with Crippen LogP contribution in [0.4, 0.5) is 5.13 Å². The Labute approximate surface area is 102 Å². The first-order valence-electron chi connectivity index (χ1n) is 5.20. The Morgan fingerprint density at radius 3 is 2.47 bits per heavy atom. The fourth-order valence-electron chi connectivity index (χ4n) is 1.69. The van der Waals surface area contributed by atoms with Crippen LogP contribution in [0, 0.1) is 6.92 Å². The van der Waals surface area contributed by atoms with Crippen molar-refractivity contribution in [3.8, 4) is 0 Å². The zero-order valence-corrected chi connectivity index (χ0v) is 10.4. The van der Waals surface area contributed by atoms with E-state index >= 15 is 0 Å². The highest BCUT2D eigenvalue weighted by Crippen LogP contribution is 2.30. The fraction of sp³-hybridized carbons (Fsp3) is 0.500. The molecule has 92 valence electrons. The molecule has 1 fully saturated rings. The van der Waals surface area contributed by atoms with Crippen LogP contribution in [-0.2, 0) is 9.59 Å². The molecule has 0 aromatic carbocycles. The van der Waals surface area contributed by atoms with E-state index in [0.29, 0.717) is 5.13 Å². The summed E-state index contributed by atoms with van der Waals surface area (Å²) in [5.41, 5.74) is 0.735. The molecule has 0 saturated carbocycles. The number of hydrogen-bond donors (Lipinski definition) is 2. The predicted molar refractivity (Wildman–Crippen MR) is 62.8 cm³/mol. The Morgan fingerprint density at radius 1 is 1.41 bits per heavy atom. The number of aliphatic hydroxyl groups excluding tert-OH is 1. The molecule has 1 aliphatic rings. The van der Waals surface area contributed by atoms with E-state index in [0.717, 1.165) is 10.6 Å². The van der Waals surface area contributed by atoms with Crippen LogP contribution >= 0.6 is 11.3 Å². The van der Waals surface area contributed by atoms with Crippen molar-refractivity contribution in [3.05, 3.63) is 10.6 Å². The van der Waals surface area contributed by atoms with Crippen LogP contribution < -0.4 is 10.2 Å². The van der Waals surface area contributed by atoms with Crippen LogP contribution in [0.25, 0.3) is 0 Å². The third-order valence-corrected chi connectivity index (χ3v) is 3.81. The molecule has 1 aliphatic heterocycles. The summed E-state index contributed by atoms with van der Waals surface area (Å²) in [6.07, 6.45) is -0.587. The summed E-state index contributed by atoms with van der Waals surface area (Å²) in [6, 6.07) is 0. The maximum Gasteiger partial charge on any atom is 0.246 e. The zero-order chi connectivity index (χ0) is 12.6. The standard InChI is InChI=1S/C10H13N3O3S/c1-5-9(6(2)14)17-10(11-5)13-3-7(15)12-8(16)4-13/h6,14H,3-4H2,1-2H3,(H,12,15,16). The average molecular weight is 255 g/mol. The highest BCUT2D eigenvalue weighted by atomic mass is 32.1. The van der Waals surface area contributed by atoms with Crippen LogP contribution in [0.1, 0.15) is 23.6 Å². The van der Waals surface area contributed by atoms with Gasteiger partial charge in [0, 0.05) is 0 Å². The Kier molecular flexibility index (Phi) is 3.12. The molecule has 7 heteroatoms. The van der Waals surface area contributed by atoms with Crippen LogP contribution in [0.2, 0.25) is 0 Å². The lowest BCUT2D eigenvalue weighted by molar-refractivity contribution is -0.130. The fourth-order valence-corrected chi connectivity index (χ4v) is 2.69. The lowest BCUT2D eigenvalue weighted by atomic mass is 10.3. The summed E-state index contributed by atoms with van der Waals surface area (Å²) >= 11 is 1.31. The molecule has 1 aromatic rings. The van der Waals surface area contributed by atoms with E-state index < -0.39 is 6.10 Å². The number of imide groups is 1. The summed E-state index contributed by atoms with van der Waals surface area (Å²) in [5.74, 6) is -0.652. The number of hydrogen-bond acceptors (Lipinski definition) is 6. The lowest BCUT2D eigenvalue weighted by Crippen LogP contribution is -2.51. The third-order valence-electron chi connectivity index (χ3n) is 2.42. The highest BCUT2D eigenvalue weighted by Gasteiger charge is 2.25. The molecule has 2 rings (SSSR count). The second-order valence-electron chi connectivity index (χ2n) is 3.95. The molecule has 6 nitrogen and oxygen atoms in total. The van der Waals surface area contributed by atoms with E-state index in [1.165, 1.54) is 11.3 Å². The molecule has 1 atom stereocenters. The van der Waals surface area contributed by atoms with Gasteiger partial charge in [-0.1, -0.05) is 11.3 Å². The van der Waals surface area contributed by atoms with Gasteiger partial charge in [0.05, 0.1) is 16.7 Å². The quantitative estimate of drug-likeness (QED) is 0.725. The van der Waals surface area contributed by atoms with Gasteiger partial charge in [-0.2, -0.15) is 0 Å². The second kappa shape index (κ2) is 4.42. The number of carbonyl (C=O) groups excluding carboxylic acids is 2. The van der Waals surface area contributed by atoms with Crippen molar-refractivity contribution in [2.45, 2.75) is 20.0 Å². The third kappa shape index (κ3) is 2.45. The first-order valence-corrected chi connectivity index (χ1v) is 6.02. The van der Waals surface area contributed by atoms with Gasteiger partial charge < -0.3 is 10.0 Å². The largest absolute Gasteiger partial charge is 0.388 e. The first-order chi connectivity index (χ1) is 7.97. The summed E-state index contributed by atoms with van der Waals surface area (Å²) < 4.78 is 0. The molecule has 0 spiro atoms. The van der Waals surface area contributed by atoms with Gasteiger partial charge >= 0.3 is 0 Å². The number of thiazole rings is 1. The van der Waals surface area contributed by atoms with Crippen molar-refractivity contribution in [2.24, 2.45) is 0 Å². The van der Waals surface area contributed by atoms with Crippen LogP contribution in [-0.4, -0.2) is 35.0 Å². The van der Waals surface area contributed by atoms with Crippen molar-refractivity contribution in [3.63, 3.8) is 0 Å². The average Bonchev–Trinajstić information content (AvgIpc) is 2.59. The number of piperazine rings is 1. The van der Waals surface area contributed by atoms with Crippen molar-refractivity contribution < 1.29 is 14.7 Å². The van der Waals surface area contributed by atoms with Gasteiger partial charge in [-0.3, -0.25) is 14.9 Å². The van der Waals surface area contributed by atoms with E-state index in [9.17, 15) is 14.7 Å². The molecule has 2 N–H and O–H groups in total. The second-order valence-corrected chi connectivity index (χ2v) is 4.96. The Morgan fingerprint density at radius 2 is 2.00 bits per heavy atom. The van der Waals surface area contributed by atoms with Gasteiger partial charge in [-0.05, 0) is 13.8 Å². The molecule has 0 aliphatic carbocycles. The molecule has 0 bridgehead atoms. The maximum atomic E-state index is 11.2. The van der Waals surface area contributed by atoms with Gasteiger partial charge in [0.2, 0.25) is 11.8 Å². The minimum atomic E-state index is -0.587. The minimum Gasteiger partial charge on any atom is -0.388 e. The SMILES string of the molecule is Cc1nc(N2CC(=O)NC(=O)C2)sc1C(C)O. The van der Waals surface area contributed by atoms with Gasteiger partial charge in [0.1, 0.15) is 13.1 Å². The number of aliphatic hydroxyl groups is 1. The number of nitrogens with zero attached hydrogens (tertiary/aromatic N) is 2. The number of amides is 2. The number of nitrogens with one attached hydrogen (secondary N) is 1. The zero-order valence-electron chi connectivity index (χ0n) is 9.56. The van der Waals surface area contributed by atoms with E-state index in [1.54, 1.807) is 18.7 Å². The van der Waals surface area contributed by atoms with Crippen molar-refractivity contribution >= 4 is 28.3 Å². The lowest BCUT2D eigenvalue weighted by Gasteiger charge is -2.24. The predicted octanol–water partition coefficient (Wildman–Crippen LogP) is -0.0324. The number of aryl methyl sites for hydroxylation is 1. The smallest absolute Gasteiger partial charge is 0.246 e. The maximum absolute atomic E-state index is 11.2. The van der Waals surface area contributed by atoms with E-state index in [-0.39, 0.29) is 24.9 Å². The monoisotopic (exact) mass is 255 g/mol. The van der Waals surface area contributed by atoms with E-state index in [4.69, 9.17) is 0 Å². The number of rotatable bonds is 2. The van der Waals surface area contributed by atoms with E-state index in [2.05, 4.69) is 10.3 Å². The van der Waals surface area contributed by atoms with Gasteiger partial charge in [0.15, 0.2) is 5.13 Å². The Hall–Kier alpha value is -1.47. The van der Waals surface area contributed by atoms with E-state index in [1.807, 2.05) is 0 Å². The molecule has 2 heterocycles. The molecule has 1 aromatic heterocycles. The molecule has 1 saturated heterocycles. The molecule has 0 radical (unpaired) electrons. The first kappa shape index (κ1) is 12.0. The molecular formula is C10H13N3O3S. The van der Waals surface area contributed by atoms with Crippen molar-refractivity contribution in [1.29, 1.82) is 0 Å². The summed E-state index contributed by atoms with van der Waals surface area (Å²) in [4.78, 5) is 29.1. The van der Waals surface area contributed by atoms with Crippen LogP contribution in [0.3, 0.4) is 0 Å². The summed E-state index contributed by atoms with van der Waals surface area (Å²) in [7, 11) is 0. The minimum absolute atomic E-state index is 0.123. The molecule has 1 unspecified atom stereocenters. The highest BCUT2D eigenvalue weighted by molar-refractivity contribution is 7.15. The van der Waals surface area contributed by atoms with Gasteiger partial charge in [-0.15, -0.1) is 0 Å². The molecule has 17 heavy (non-hydrogen) atoms. The Balaban J connectivity index is 2.25. The normalized spacial score (nSPS) is 18.2. The van der Waals surface area contributed by atoms with Crippen LogP contribution in [0.15, 0.2) is 0 Å². The number of anilines is 1. The molecular weight excluding hydrogens is 242 g/mol. The van der Waals surface area contributed by atoms with Gasteiger partial charge in [0.25, 0.3) is 0 Å².